The van der Waals surface area contributed by atoms with Crippen molar-refractivity contribution in [2.75, 3.05) is 35.3 Å². The molecule has 0 spiro atoms. The summed E-state index contributed by atoms with van der Waals surface area (Å²) in [5.74, 6) is 1.11. The Hall–Kier alpha value is -3.24. The second-order valence-corrected chi connectivity index (χ2v) is 4.79. The third kappa shape index (κ3) is 4.86. The molecule has 0 radical (unpaired) electrons. The highest BCUT2D eigenvalue weighted by atomic mass is 16.6. The molecule has 0 bridgehead atoms. The average Bonchev–Trinajstić information content (AvgIpc) is 3.05. The van der Waals surface area contributed by atoms with E-state index in [0.717, 1.165) is 13.1 Å². The van der Waals surface area contributed by atoms with Crippen molar-refractivity contribution in [3.05, 3.63) is 28.0 Å². The summed E-state index contributed by atoms with van der Waals surface area (Å²) >= 11 is 0. The first-order chi connectivity index (χ1) is 12.1. The van der Waals surface area contributed by atoms with Gasteiger partial charge in [-0.2, -0.15) is 20.1 Å². The maximum Gasteiger partial charge on any atom is 0.433 e. The van der Waals surface area contributed by atoms with E-state index in [-0.39, 0.29) is 17.6 Å². The first-order valence-corrected chi connectivity index (χ1v) is 7.85. The van der Waals surface area contributed by atoms with Gasteiger partial charge in [0, 0.05) is 19.6 Å². The zero-order valence-corrected chi connectivity index (χ0v) is 14.3. The number of nitrogens with one attached hydrogen (secondary N) is 2. The Morgan fingerprint density at radius 2 is 1.96 bits per heavy atom. The summed E-state index contributed by atoms with van der Waals surface area (Å²) in [7, 11) is 0. The zero-order valence-electron chi connectivity index (χ0n) is 14.3. The Labute approximate surface area is 144 Å². The van der Waals surface area contributed by atoms with Crippen LogP contribution in [0.1, 0.15) is 26.5 Å². The van der Waals surface area contributed by atoms with Crippen molar-refractivity contribution < 1.29 is 9.34 Å². The summed E-state index contributed by atoms with van der Waals surface area (Å²) in [4.78, 5) is 24.8. The molecule has 11 nitrogen and oxygen atoms in total. The maximum absolute atomic E-state index is 10.6. The molecule has 2 rings (SSSR count). The molecule has 0 aromatic carbocycles. The van der Waals surface area contributed by atoms with E-state index in [9.17, 15) is 10.1 Å². The van der Waals surface area contributed by atoms with Gasteiger partial charge in [-0.25, -0.2) is 5.43 Å². The van der Waals surface area contributed by atoms with E-state index in [1.165, 1.54) is 18.3 Å². The fourth-order valence-electron chi connectivity index (χ4n) is 1.96. The van der Waals surface area contributed by atoms with Gasteiger partial charge < -0.3 is 14.6 Å². The molecule has 25 heavy (non-hydrogen) atoms. The molecule has 0 saturated carbocycles. The number of hydrogen-bond donors (Lipinski definition) is 2. The number of nitro groups is 1. The molecule has 0 atom stereocenters. The molecule has 0 aliphatic heterocycles. The second-order valence-electron chi connectivity index (χ2n) is 4.79. The van der Waals surface area contributed by atoms with Crippen molar-refractivity contribution in [3.63, 3.8) is 0 Å². The van der Waals surface area contributed by atoms with Gasteiger partial charge in [-0.05, 0) is 26.8 Å². The summed E-state index contributed by atoms with van der Waals surface area (Å²) in [6.07, 6.45) is 1.31. The van der Waals surface area contributed by atoms with Crippen LogP contribution in [0.5, 0.6) is 0 Å². The average molecular weight is 348 g/mol. The number of anilines is 3. The smallest absolute Gasteiger partial charge is 0.400 e. The maximum atomic E-state index is 10.6. The van der Waals surface area contributed by atoms with E-state index in [1.54, 1.807) is 0 Å². The van der Waals surface area contributed by atoms with E-state index in [1.807, 2.05) is 25.7 Å². The third-order valence-corrected chi connectivity index (χ3v) is 3.15. The van der Waals surface area contributed by atoms with Gasteiger partial charge in [0.05, 0.1) is 12.3 Å². The Morgan fingerprint density at radius 1 is 1.24 bits per heavy atom. The number of hydrazone groups is 1. The van der Waals surface area contributed by atoms with Crippen molar-refractivity contribution >= 4 is 29.9 Å². The van der Waals surface area contributed by atoms with Crippen molar-refractivity contribution in [1.29, 1.82) is 0 Å². The first kappa shape index (κ1) is 18.1. The van der Waals surface area contributed by atoms with Gasteiger partial charge in [0.15, 0.2) is 5.76 Å². The topological polar surface area (TPSA) is 135 Å². The van der Waals surface area contributed by atoms with Gasteiger partial charge in [0.1, 0.15) is 4.92 Å². The fraction of sp³-hybridized carbons (Fsp3) is 0.429. The van der Waals surface area contributed by atoms with Gasteiger partial charge in [0.2, 0.25) is 17.8 Å². The second kappa shape index (κ2) is 8.57. The number of furan rings is 1. The lowest BCUT2D eigenvalue weighted by Gasteiger charge is -2.19. The Morgan fingerprint density at radius 3 is 2.56 bits per heavy atom. The highest BCUT2D eigenvalue weighted by Gasteiger charge is 2.12. The summed E-state index contributed by atoms with van der Waals surface area (Å²) < 4.78 is 4.98. The predicted molar refractivity (Wildman–Crippen MR) is 94.1 cm³/mol. The van der Waals surface area contributed by atoms with Gasteiger partial charge in [-0.3, -0.25) is 10.1 Å². The van der Waals surface area contributed by atoms with Gasteiger partial charge >= 0.3 is 5.88 Å². The number of hydrogen-bond acceptors (Lipinski definition) is 10. The molecular formula is C14H20N8O3. The van der Waals surface area contributed by atoms with Crippen molar-refractivity contribution in [2.45, 2.75) is 20.8 Å². The number of nitrogens with zero attached hydrogens (tertiary/aromatic N) is 6. The number of rotatable bonds is 9. The molecule has 2 heterocycles. The minimum absolute atomic E-state index is 0.240. The van der Waals surface area contributed by atoms with Gasteiger partial charge in [-0.15, -0.1) is 0 Å². The SMILES string of the molecule is CCNc1nc(N/N=C/c2ccc([N+](=O)[O-])o2)nc(N(CC)CC)n1. The van der Waals surface area contributed by atoms with Crippen LogP contribution in [0, 0.1) is 10.1 Å². The highest BCUT2D eigenvalue weighted by molar-refractivity contribution is 5.76. The Kier molecular flexibility index (Phi) is 6.20. The van der Waals surface area contributed by atoms with Gasteiger partial charge in [0.25, 0.3) is 0 Å². The largest absolute Gasteiger partial charge is 0.433 e. The minimum atomic E-state index is -0.615. The summed E-state index contributed by atoms with van der Waals surface area (Å²) in [5, 5.41) is 17.6. The monoisotopic (exact) mass is 348 g/mol. The van der Waals surface area contributed by atoms with Crippen LogP contribution in [-0.2, 0) is 0 Å². The lowest BCUT2D eigenvalue weighted by molar-refractivity contribution is -0.402. The fourth-order valence-corrected chi connectivity index (χ4v) is 1.96. The quantitative estimate of drug-likeness (QED) is 0.396. The predicted octanol–water partition coefficient (Wildman–Crippen LogP) is 2.10. The molecule has 2 aromatic heterocycles. The van der Waals surface area contributed by atoms with Crippen LogP contribution < -0.4 is 15.6 Å². The van der Waals surface area contributed by atoms with Crippen LogP contribution in [0.25, 0.3) is 0 Å². The summed E-state index contributed by atoms with van der Waals surface area (Å²) in [5.41, 5.74) is 2.68. The van der Waals surface area contributed by atoms with Crippen LogP contribution in [0.3, 0.4) is 0 Å². The lowest BCUT2D eigenvalue weighted by atomic mass is 10.5. The van der Waals surface area contributed by atoms with Crippen LogP contribution in [0.15, 0.2) is 21.7 Å². The highest BCUT2D eigenvalue weighted by Crippen LogP contribution is 2.15. The van der Waals surface area contributed by atoms with E-state index >= 15 is 0 Å². The lowest BCUT2D eigenvalue weighted by Crippen LogP contribution is -2.25. The normalized spacial score (nSPS) is 10.8. The standard InChI is InChI=1S/C14H20N8O3/c1-4-15-12-17-13(19-14(18-12)21(5-2)6-3)20-16-9-10-7-8-11(25-10)22(23)24/h7-9H,4-6H2,1-3H3,(H2,15,17,18,19,20)/b16-9+. The number of aromatic nitrogens is 3. The summed E-state index contributed by atoms with van der Waals surface area (Å²) in [6.45, 7) is 8.14. The summed E-state index contributed by atoms with van der Waals surface area (Å²) in [6, 6.07) is 2.70. The van der Waals surface area contributed by atoms with Crippen LogP contribution in [-0.4, -0.2) is 45.7 Å². The van der Waals surface area contributed by atoms with Crippen molar-refractivity contribution in [2.24, 2.45) is 5.10 Å². The third-order valence-electron chi connectivity index (χ3n) is 3.15. The molecule has 2 aromatic rings. The van der Waals surface area contributed by atoms with E-state index in [0.29, 0.717) is 18.4 Å². The molecule has 134 valence electrons. The van der Waals surface area contributed by atoms with Gasteiger partial charge in [-0.1, -0.05) is 0 Å². The molecule has 0 aliphatic rings. The molecule has 0 unspecified atom stereocenters. The van der Waals surface area contributed by atoms with E-state index in [2.05, 4.69) is 30.8 Å². The molecule has 0 saturated heterocycles. The molecule has 0 aliphatic carbocycles. The van der Waals surface area contributed by atoms with Crippen molar-refractivity contribution in [3.8, 4) is 0 Å². The first-order valence-electron chi connectivity index (χ1n) is 7.85. The minimum Gasteiger partial charge on any atom is -0.400 e. The molecule has 0 amide bonds. The zero-order chi connectivity index (χ0) is 18.2. The van der Waals surface area contributed by atoms with Crippen LogP contribution >= 0.6 is 0 Å². The molecular weight excluding hydrogens is 328 g/mol. The van der Waals surface area contributed by atoms with Crippen LogP contribution in [0.2, 0.25) is 0 Å². The van der Waals surface area contributed by atoms with Crippen molar-refractivity contribution in [1.82, 2.24) is 15.0 Å². The molecule has 11 heteroatoms. The van der Waals surface area contributed by atoms with E-state index < -0.39 is 4.92 Å². The van der Waals surface area contributed by atoms with E-state index in [4.69, 9.17) is 4.42 Å². The molecule has 2 N–H and O–H groups in total. The Balaban J connectivity index is 2.16. The van der Waals surface area contributed by atoms with Crippen LogP contribution in [0.4, 0.5) is 23.7 Å². The molecule has 0 fully saturated rings. The Bertz CT molecular complexity index is 741.